The molecule has 1 heterocycles. The van der Waals surface area contributed by atoms with Crippen LogP contribution in [-0.4, -0.2) is 0 Å². The predicted octanol–water partition coefficient (Wildman–Crippen LogP) is 7.14. The van der Waals surface area contributed by atoms with Crippen LogP contribution in [0.15, 0.2) is 90.3 Å². The summed E-state index contributed by atoms with van der Waals surface area (Å²) in [6, 6.07) is 30.7. The van der Waals surface area contributed by atoms with E-state index in [2.05, 4.69) is 104 Å². The average molecular weight is 369 g/mol. The largest absolute Gasteiger partial charge is 0.148 e. The molecule has 0 nitrogen and oxygen atoms in total. The van der Waals surface area contributed by atoms with Crippen molar-refractivity contribution in [2.45, 2.75) is 26.2 Å². The van der Waals surface area contributed by atoms with E-state index in [0.717, 1.165) is 6.42 Å². The molecule has 27 heavy (non-hydrogen) atoms. The molecule has 0 radical (unpaired) electrons. The monoisotopic (exact) mass is 368 g/mol. The van der Waals surface area contributed by atoms with Crippen LogP contribution in [0, 0.1) is 13.8 Å². The van der Waals surface area contributed by atoms with Gasteiger partial charge in [0.15, 0.2) is 0 Å². The Morgan fingerprint density at radius 3 is 1.81 bits per heavy atom. The lowest BCUT2D eigenvalue weighted by atomic mass is 9.83. The van der Waals surface area contributed by atoms with Gasteiger partial charge in [0, 0.05) is 10.8 Å². The van der Waals surface area contributed by atoms with Crippen LogP contribution in [0.5, 0.6) is 0 Å². The first-order chi connectivity index (χ1) is 13.2. The maximum Gasteiger partial charge on any atom is 0.0442 e. The first kappa shape index (κ1) is 17.8. The third-order valence-corrected chi connectivity index (χ3v) is 6.30. The first-order valence-electron chi connectivity index (χ1n) is 9.45. The van der Waals surface area contributed by atoms with E-state index in [4.69, 9.17) is 0 Å². The van der Waals surface area contributed by atoms with Crippen LogP contribution in [0.25, 0.3) is 0 Å². The van der Waals surface area contributed by atoms with E-state index in [1.165, 1.54) is 38.3 Å². The Kier molecular flexibility index (Phi) is 5.22. The zero-order valence-corrected chi connectivity index (χ0v) is 16.7. The molecule has 0 amide bonds. The topological polar surface area (TPSA) is 0 Å². The molecule has 0 unspecified atom stereocenters. The third kappa shape index (κ3) is 3.74. The number of hydrogen-bond acceptors (Lipinski definition) is 1. The summed E-state index contributed by atoms with van der Waals surface area (Å²) in [5.41, 5.74) is 8.31. The van der Waals surface area contributed by atoms with E-state index >= 15 is 0 Å². The van der Waals surface area contributed by atoms with Gasteiger partial charge in [0.2, 0.25) is 0 Å². The standard InChI is InChI=1S/C26H24S/c1-19-10-6-8-14-23(19)25(24-15-9-7-11-20(24)2)26-22(16-17-27-26)18-21-12-4-3-5-13-21/h3-17,25H,18H2,1-2H3. The molecule has 4 rings (SSSR count). The highest BCUT2D eigenvalue weighted by Crippen LogP contribution is 2.40. The minimum absolute atomic E-state index is 0.283. The average Bonchev–Trinajstić information content (AvgIpc) is 3.13. The summed E-state index contributed by atoms with van der Waals surface area (Å²) in [7, 11) is 0. The van der Waals surface area contributed by atoms with Crippen LogP contribution in [0.2, 0.25) is 0 Å². The first-order valence-corrected chi connectivity index (χ1v) is 10.3. The lowest BCUT2D eigenvalue weighted by molar-refractivity contribution is 0.952. The van der Waals surface area contributed by atoms with Gasteiger partial charge in [-0.3, -0.25) is 0 Å². The highest BCUT2D eigenvalue weighted by Gasteiger charge is 2.23. The van der Waals surface area contributed by atoms with E-state index in [1.807, 2.05) is 11.3 Å². The van der Waals surface area contributed by atoms with Gasteiger partial charge in [0.05, 0.1) is 0 Å². The van der Waals surface area contributed by atoms with Gasteiger partial charge in [-0.25, -0.2) is 0 Å². The van der Waals surface area contributed by atoms with Crippen molar-refractivity contribution in [1.29, 1.82) is 0 Å². The van der Waals surface area contributed by atoms with Crippen molar-refractivity contribution in [3.05, 3.63) is 129 Å². The molecule has 0 saturated carbocycles. The minimum Gasteiger partial charge on any atom is -0.148 e. The minimum atomic E-state index is 0.283. The molecule has 1 heteroatoms. The number of thiophene rings is 1. The number of rotatable bonds is 5. The molecule has 0 spiro atoms. The lowest BCUT2D eigenvalue weighted by Crippen LogP contribution is -2.07. The van der Waals surface area contributed by atoms with Crippen molar-refractivity contribution in [3.63, 3.8) is 0 Å². The van der Waals surface area contributed by atoms with Gasteiger partial charge in [-0.05, 0) is 65.1 Å². The number of hydrogen-bond donors (Lipinski definition) is 0. The maximum atomic E-state index is 2.30. The highest BCUT2D eigenvalue weighted by molar-refractivity contribution is 7.10. The Balaban J connectivity index is 1.85. The predicted molar refractivity (Wildman–Crippen MR) is 117 cm³/mol. The maximum absolute atomic E-state index is 2.30. The van der Waals surface area contributed by atoms with Crippen LogP contribution in [0.1, 0.15) is 44.2 Å². The Labute approximate surface area is 166 Å². The lowest BCUT2D eigenvalue weighted by Gasteiger charge is -2.22. The Morgan fingerprint density at radius 2 is 1.22 bits per heavy atom. The van der Waals surface area contributed by atoms with E-state index in [9.17, 15) is 0 Å². The second-order valence-electron chi connectivity index (χ2n) is 7.12. The molecule has 0 N–H and O–H groups in total. The van der Waals surface area contributed by atoms with Gasteiger partial charge in [-0.1, -0.05) is 78.9 Å². The summed E-state index contributed by atoms with van der Waals surface area (Å²) in [6.45, 7) is 4.45. The Morgan fingerprint density at radius 1 is 0.667 bits per heavy atom. The van der Waals surface area contributed by atoms with E-state index < -0.39 is 0 Å². The molecule has 0 aliphatic carbocycles. The second-order valence-corrected chi connectivity index (χ2v) is 8.07. The summed E-state index contributed by atoms with van der Waals surface area (Å²) < 4.78 is 0. The van der Waals surface area contributed by atoms with Gasteiger partial charge in [-0.15, -0.1) is 11.3 Å². The van der Waals surface area contributed by atoms with Gasteiger partial charge in [0.1, 0.15) is 0 Å². The van der Waals surface area contributed by atoms with Crippen LogP contribution < -0.4 is 0 Å². The van der Waals surface area contributed by atoms with Gasteiger partial charge in [-0.2, -0.15) is 0 Å². The molecule has 4 aromatic rings. The van der Waals surface area contributed by atoms with Crippen molar-refractivity contribution in [1.82, 2.24) is 0 Å². The van der Waals surface area contributed by atoms with Crippen molar-refractivity contribution in [2.24, 2.45) is 0 Å². The Hall–Kier alpha value is -2.64. The van der Waals surface area contributed by atoms with Crippen molar-refractivity contribution in [2.75, 3.05) is 0 Å². The molecule has 0 aliphatic rings. The van der Waals surface area contributed by atoms with E-state index in [0.29, 0.717) is 0 Å². The fourth-order valence-corrected chi connectivity index (χ4v) is 4.89. The van der Waals surface area contributed by atoms with E-state index in [1.54, 1.807) is 0 Å². The van der Waals surface area contributed by atoms with Crippen LogP contribution >= 0.6 is 11.3 Å². The van der Waals surface area contributed by atoms with Crippen molar-refractivity contribution in [3.8, 4) is 0 Å². The van der Waals surface area contributed by atoms with Crippen LogP contribution in [0.3, 0.4) is 0 Å². The smallest absolute Gasteiger partial charge is 0.0442 e. The number of benzene rings is 3. The molecule has 3 aromatic carbocycles. The summed E-state index contributed by atoms with van der Waals surface area (Å²) in [4.78, 5) is 1.46. The molecular weight excluding hydrogens is 344 g/mol. The van der Waals surface area contributed by atoms with Gasteiger partial charge in [0.25, 0.3) is 0 Å². The fourth-order valence-electron chi connectivity index (χ4n) is 3.83. The molecule has 0 bridgehead atoms. The van der Waals surface area contributed by atoms with Crippen LogP contribution in [0.4, 0.5) is 0 Å². The molecule has 0 fully saturated rings. The van der Waals surface area contributed by atoms with E-state index in [-0.39, 0.29) is 5.92 Å². The quantitative estimate of drug-likeness (QED) is 0.351. The molecule has 134 valence electrons. The third-order valence-electron chi connectivity index (χ3n) is 5.28. The SMILES string of the molecule is Cc1ccccc1C(c1ccccc1C)c1sccc1Cc1ccccc1. The fraction of sp³-hybridized carbons (Fsp3) is 0.154. The molecule has 0 saturated heterocycles. The van der Waals surface area contributed by atoms with Crippen LogP contribution in [-0.2, 0) is 6.42 Å². The van der Waals surface area contributed by atoms with Gasteiger partial charge >= 0.3 is 0 Å². The zero-order valence-electron chi connectivity index (χ0n) is 15.9. The molecular formula is C26H24S. The summed E-state index contributed by atoms with van der Waals surface area (Å²) in [6.07, 6.45) is 0.980. The summed E-state index contributed by atoms with van der Waals surface area (Å²) >= 11 is 1.88. The highest BCUT2D eigenvalue weighted by atomic mass is 32.1. The summed E-state index contributed by atoms with van der Waals surface area (Å²) in [5.74, 6) is 0.283. The number of aryl methyl sites for hydroxylation is 2. The molecule has 0 aliphatic heterocycles. The van der Waals surface area contributed by atoms with Crippen molar-refractivity contribution >= 4 is 11.3 Å². The summed E-state index contributed by atoms with van der Waals surface area (Å²) in [5, 5.41) is 2.25. The molecule has 0 atom stereocenters. The second kappa shape index (κ2) is 7.94. The normalized spacial score (nSPS) is 11.1. The van der Waals surface area contributed by atoms with Crippen molar-refractivity contribution < 1.29 is 0 Å². The molecule has 1 aromatic heterocycles. The Bertz CT molecular complexity index is 981. The van der Waals surface area contributed by atoms with Gasteiger partial charge < -0.3 is 0 Å². The zero-order chi connectivity index (χ0) is 18.6.